The van der Waals surface area contributed by atoms with Crippen molar-refractivity contribution in [3.8, 4) is 0 Å². The first kappa shape index (κ1) is 16.9. The zero-order valence-electron chi connectivity index (χ0n) is 13.0. The first-order valence-corrected chi connectivity index (χ1v) is 7.32. The molecule has 17 heavy (non-hydrogen) atoms. The average molecular weight is 242 g/mol. The standard InChI is InChI=1S/C15H34N2/c1-7-8-9-13-17(6)14(2)11-10-12-16-15(3,4)5/h14,16H,7-13H2,1-6H3. The Bertz CT molecular complexity index is 172. The summed E-state index contributed by atoms with van der Waals surface area (Å²) in [5.41, 5.74) is 0.260. The van der Waals surface area contributed by atoms with Crippen LogP contribution in [0.1, 0.15) is 66.7 Å². The molecule has 0 fully saturated rings. The monoisotopic (exact) mass is 242 g/mol. The first-order chi connectivity index (χ1) is 7.87. The molecule has 0 spiro atoms. The molecule has 0 amide bonds. The van der Waals surface area contributed by atoms with Gasteiger partial charge in [0.1, 0.15) is 0 Å². The summed E-state index contributed by atoms with van der Waals surface area (Å²) in [6, 6.07) is 0.716. The summed E-state index contributed by atoms with van der Waals surface area (Å²) in [6.07, 6.45) is 6.60. The first-order valence-electron chi connectivity index (χ1n) is 7.32. The number of nitrogens with zero attached hydrogens (tertiary/aromatic N) is 1. The predicted octanol–water partition coefficient (Wildman–Crippen LogP) is 3.67. The average Bonchev–Trinajstić information content (AvgIpc) is 2.23. The molecule has 0 bridgehead atoms. The molecule has 0 aromatic heterocycles. The van der Waals surface area contributed by atoms with E-state index in [0.29, 0.717) is 6.04 Å². The van der Waals surface area contributed by atoms with E-state index >= 15 is 0 Å². The van der Waals surface area contributed by atoms with E-state index in [0.717, 1.165) is 6.54 Å². The van der Waals surface area contributed by atoms with E-state index < -0.39 is 0 Å². The van der Waals surface area contributed by atoms with Gasteiger partial charge in [-0.15, -0.1) is 0 Å². The van der Waals surface area contributed by atoms with Gasteiger partial charge >= 0.3 is 0 Å². The highest BCUT2D eigenvalue weighted by atomic mass is 15.1. The number of nitrogens with one attached hydrogen (secondary N) is 1. The van der Waals surface area contributed by atoms with E-state index in [1.165, 1.54) is 38.6 Å². The van der Waals surface area contributed by atoms with Crippen molar-refractivity contribution >= 4 is 0 Å². The normalized spacial score (nSPS) is 14.3. The molecule has 0 aliphatic carbocycles. The summed E-state index contributed by atoms with van der Waals surface area (Å²) in [7, 11) is 2.26. The van der Waals surface area contributed by atoms with E-state index in [1.54, 1.807) is 0 Å². The Morgan fingerprint density at radius 2 is 1.76 bits per heavy atom. The van der Waals surface area contributed by atoms with E-state index in [9.17, 15) is 0 Å². The minimum Gasteiger partial charge on any atom is -0.312 e. The van der Waals surface area contributed by atoms with Crippen LogP contribution in [0.2, 0.25) is 0 Å². The van der Waals surface area contributed by atoms with Crippen molar-refractivity contribution in [2.45, 2.75) is 78.3 Å². The molecule has 0 heterocycles. The Morgan fingerprint density at radius 1 is 1.12 bits per heavy atom. The molecule has 0 aliphatic heterocycles. The van der Waals surface area contributed by atoms with Crippen molar-refractivity contribution in [3.63, 3.8) is 0 Å². The van der Waals surface area contributed by atoms with Crippen molar-refractivity contribution in [2.24, 2.45) is 0 Å². The molecule has 1 atom stereocenters. The van der Waals surface area contributed by atoms with Crippen LogP contribution in [-0.2, 0) is 0 Å². The van der Waals surface area contributed by atoms with Gasteiger partial charge in [-0.1, -0.05) is 19.8 Å². The van der Waals surface area contributed by atoms with Gasteiger partial charge in [0.25, 0.3) is 0 Å². The summed E-state index contributed by atoms with van der Waals surface area (Å²) < 4.78 is 0. The highest BCUT2D eigenvalue weighted by Gasteiger charge is 2.10. The summed E-state index contributed by atoms with van der Waals surface area (Å²) in [4.78, 5) is 2.51. The van der Waals surface area contributed by atoms with Gasteiger partial charge in [-0.25, -0.2) is 0 Å². The molecule has 104 valence electrons. The van der Waals surface area contributed by atoms with Gasteiger partial charge in [0.2, 0.25) is 0 Å². The summed E-state index contributed by atoms with van der Waals surface area (Å²) in [6.45, 7) is 13.7. The Labute approximate surface area is 109 Å². The second-order valence-corrected chi connectivity index (χ2v) is 6.36. The number of hydrogen-bond donors (Lipinski definition) is 1. The lowest BCUT2D eigenvalue weighted by Gasteiger charge is -2.26. The molecule has 0 aromatic carbocycles. The van der Waals surface area contributed by atoms with Crippen LogP contribution < -0.4 is 5.32 Å². The van der Waals surface area contributed by atoms with Crippen LogP contribution in [0.3, 0.4) is 0 Å². The number of hydrogen-bond acceptors (Lipinski definition) is 2. The van der Waals surface area contributed by atoms with Crippen molar-refractivity contribution in [1.29, 1.82) is 0 Å². The van der Waals surface area contributed by atoms with Crippen LogP contribution in [0, 0.1) is 0 Å². The molecule has 1 N–H and O–H groups in total. The molecule has 2 nitrogen and oxygen atoms in total. The van der Waals surface area contributed by atoms with Crippen molar-refractivity contribution in [2.75, 3.05) is 20.1 Å². The molecule has 2 heteroatoms. The van der Waals surface area contributed by atoms with Gasteiger partial charge in [0.15, 0.2) is 0 Å². The smallest absolute Gasteiger partial charge is 0.00965 e. The Hall–Kier alpha value is -0.0800. The van der Waals surface area contributed by atoms with Gasteiger partial charge in [-0.2, -0.15) is 0 Å². The van der Waals surface area contributed by atoms with Gasteiger partial charge in [0, 0.05) is 11.6 Å². The van der Waals surface area contributed by atoms with Gasteiger partial charge in [-0.3, -0.25) is 0 Å². The van der Waals surface area contributed by atoms with Crippen molar-refractivity contribution in [3.05, 3.63) is 0 Å². The lowest BCUT2D eigenvalue weighted by atomic mass is 10.1. The zero-order valence-corrected chi connectivity index (χ0v) is 13.0. The maximum Gasteiger partial charge on any atom is 0.00965 e. The highest BCUT2D eigenvalue weighted by Crippen LogP contribution is 2.07. The molecule has 0 aromatic rings. The largest absolute Gasteiger partial charge is 0.312 e. The SMILES string of the molecule is CCCCCN(C)C(C)CCCNC(C)(C)C. The minimum atomic E-state index is 0.260. The van der Waals surface area contributed by atoms with E-state index in [2.05, 4.69) is 51.9 Å². The van der Waals surface area contributed by atoms with Crippen molar-refractivity contribution in [1.82, 2.24) is 10.2 Å². The molecule has 1 unspecified atom stereocenters. The fraction of sp³-hybridized carbons (Fsp3) is 1.00. The van der Waals surface area contributed by atoms with Gasteiger partial charge in [-0.05, 0) is 67.1 Å². The Morgan fingerprint density at radius 3 is 2.29 bits per heavy atom. The van der Waals surface area contributed by atoms with Crippen LogP contribution in [0.4, 0.5) is 0 Å². The quantitative estimate of drug-likeness (QED) is 0.621. The second-order valence-electron chi connectivity index (χ2n) is 6.36. The van der Waals surface area contributed by atoms with Crippen LogP contribution >= 0.6 is 0 Å². The zero-order chi connectivity index (χ0) is 13.3. The third-order valence-corrected chi connectivity index (χ3v) is 3.32. The maximum atomic E-state index is 3.55. The van der Waals surface area contributed by atoms with Crippen molar-refractivity contribution < 1.29 is 0 Å². The van der Waals surface area contributed by atoms with Crippen LogP contribution in [0.5, 0.6) is 0 Å². The van der Waals surface area contributed by atoms with Crippen LogP contribution in [0.15, 0.2) is 0 Å². The molecule has 0 rings (SSSR count). The van der Waals surface area contributed by atoms with E-state index in [4.69, 9.17) is 0 Å². The third-order valence-electron chi connectivity index (χ3n) is 3.32. The summed E-state index contributed by atoms with van der Waals surface area (Å²) >= 11 is 0. The van der Waals surface area contributed by atoms with Crippen LogP contribution in [-0.4, -0.2) is 36.6 Å². The Kier molecular flexibility index (Phi) is 8.89. The lowest BCUT2D eigenvalue weighted by Crippen LogP contribution is -2.37. The molecule has 0 radical (unpaired) electrons. The van der Waals surface area contributed by atoms with Gasteiger partial charge < -0.3 is 10.2 Å². The van der Waals surface area contributed by atoms with Crippen LogP contribution in [0.25, 0.3) is 0 Å². The molecule has 0 saturated carbocycles. The molecule has 0 aliphatic rings. The number of unbranched alkanes of at least 4 members (excludes halogenated alkanes) is 2. The fourth-order valence-electron chi connectivity index (χ4n) is 1.91. The lowest BCUT2D eigenvalue weighted by molar-refractivity contribution is 0.236. The van der Waals surface area contributed by atoms with E-state index in [1.807, 2.05) is 0 Å². The number of rotatable bonds is 9. The maximum absolute atomic E-state index is 3.55. The summed E-state index contributed by atoms with van der Waals surface area (Å²) in [5, 5.41) is 3.55. The molecular formula is C15H34N2. The highest BCUT2D eigenvalue weighted by molar-refractivity contribution is 4.71. The third kappa shape index (κ3) is 10.8. The topological polar surface area (TPSA) is 15.3 Å². The molecular weight excluding hydrogens is 208 g/mol. The second kappa shape index (κ2) is 8.93. The predicted molar refractivity (Wildman–Crippen MR) is 78.6 cm³/mol. The van der Waals surface area contributed by atoms with Gasteiger partial charge in [0.05, 0.1) is 0 Å². The minimum absolute atomic E-state index is 0.260. The summed E-state index contributed by atoms with van der Waals surface area (Å²) in [5.74, 6) is 0. The Balaban J connectivity index is 3.53. The molecule has 0 saturated heterocycles. The fourth-order valence-corrected chi connectivity index (χ4v) is 1.91. The van der Waals surface area contributed by atoms with E-state index in [-0.39, 0.29) is 5.54 Å².